The Balaban J connectivity index is 0.000000423. The van der Waals surface area contributed by atoms with E-state index in [9.17, 15) is 0 Å². The van der Waals surface area contributed by atoms with Crippen LogP contribution < -0.4 is 10.2 Å². The van der Waals surface area contributed by atoms with Crippen molar-refractivity contribution in [2.24, 2.45) is 12.0 Å². The minimum atomic E-state index is 0.892. The number of rotatable bonds is 2. The Kier molecular flexibility index (Phi) is 8.46. The zero-order chi connectivity index (χ0) is 11.7. The predicted octanol–water partition coefficient (Wildman–Crippen LogP) is 2.27. The van der Waals surface area contributed by atoms with Crippen LogP contribution >= 0.6 is 28.7 Å². The third kappa shape index (κ3) is 6.54. The average molecular weight is 290 g/mol. The summed E-state index contributed by atoms with van der Waals surface area (Å²) in [5.74, 6) is 0. The smallest absolute Gasteiger partial charge is 0.132 e. The Morgan fingerprint density at radius 2 is 2.27 bits per heavy atom. The highest BCUT2D eigenvalue weighted by molar-refractivity contribution is 9.10. The molecule has 0 aliphatic carbocycles. The molecule has 0 fully saturated rings. The van der Waals surface area contributed by atoms with Crippen LogP contribution in [0.25, 0.3) is 0 Å². The second kappa shape index (κ2) is 8.76. The SMILES string of the molecule is C=CN=c1ccc(Br)cn1C.CCNS. The van der Waals surface area contributed by atoms with Gasteiger partial charge in [-0.2, -0.15) is 0 Å². The fraction of sp³-hybridized carbons (Fsp3) is 0.300. The normalized spacial score (nSPS) is 10.5. The van der Waals surface area contributed by atoms with Crippen LogP contribution in [0, 0.1) is 0 Å². The molecular formula is C10H16BrN3S. The van der Waals surface area contributed by atoms with Gasteiger partial charge in [-0.15, -0.1) is 0 Å². The Hall–Kier alpha value is -0.520. The van der Waals surface area contributed by atoms with E-state index in [1.807, 2.05) is 36.9 Å². The number of hydrogen-bond donors (Lipinski definition) is 2. The standard InChI is InChI=1S/C8H9BrN2.C2H7NS/c1-3-10-8-5-4-7(9)6-11(8)2;1-2-3-4/h3-6H,1H2,2H3;3-4H,2H2,1H3. The summed E-state index contributed by atoms with van der Waals surface area (Å²) in [6.07, 6.45) is 3.48. The maximum atomic E-state index is 4.05. The van der Waals surface area contributed by atoms with Gasteiger partial charge < -0.3 is 4.57 Å². The number of aryl methyl sites for hydroxylation is 1. The van der Waals surface area contributed by atoms with Crippen molar-refractivity contribution in [3.05, 3.63) is 41.1 Å². The molecule has 0 saturated carbocycles. The van der Waals surface area contributed by atoms with Crippen LogP contribution in [0.1, 0.15) is 6.92 Å². The van der Waals surface area contributed by atoms with Crippen molar-refractivity contribution in [3.8, 4) is 0 Å². The van der Waals surface area contributed by atoms with Crippen LogP contribution in [0.5, 0.6) is 0 Å². The van der Waals surface area contributed by atoms with Crippen LogP contribution in [0.4, 0.5) is 0 Å². The van der Waals surface area contributed by atoms with Crippen LogP contribution in [0.2, 0.25) is 0 Å². The molecule has 1 N–H and O–H groups in total. The minimum Gasteiger partial charge on any atom is -0.335 e. The molecule has 0 amide bonds. The van der Waals surface area contributed by atoms with Gasteiger partial charge in [0.2, 0.25) is 0 Å². The lowest BCUT2D eigenvalue weighted by molar-refractivity contribution is 0.830. The summed E-state index contributed by atoms with van der Waals surface area (Å²) in [4.78, 5) is 4.05. The third-order valence-corrected chi connectivity index (χ3v) is 2.24. The van der Waals surface area contributed by atoms with Gasteiger partial charge in [0.25, 0.3) is 0 Å². The summed E-state index contributed by atoms with van der Waals surface area (Å²) >= 11 is 7.03. The molecule has 1 aromatic heterocycles. The number of hydrogen-bond acceptors (Lipinski definition) is 3. The third-order valence-electron chi connectivity index (χ3n) is 1.45. The van der Waals surface area contributed by atoms with E-state index in [1.54, 1.807) is 0 Å². The molecule has 15 heavy (non-hydrogen) atoms. The van der Waals surface area contributed by atoms with Crippen LogP contribution in [-0.2, 0) is 7.05 Å². The first kappa shape index (κ1) is 14.5. The van der Waals surface area contributed by atoms with Crippen LogP contribution in [-0.4, -0.2) is 11.1 Å². The molecule has 84 valence electrons. The first-order valence-corrected chi connectivity index (χ1v) is 5.73. The quantitative estimate of drug-likeness (QED) is 0.804. The van der Waals surface area contributed by atoms with Gasteiger partial charge in [-0.3, -0.25) is 4.72 Å². The molecule has 0 radical (unpaired) electrons. The molecule has 0 aromatic carbocycles. The number of thiol groups is 1. The van der Waals surface area contributed by atoms with E-state index in [-0.39, 0.29) is 0 Å². The fourth-order valence-corrected chi connectivity index (χ4v) is 1.23. The molecule has 0 atom stereocenters. The highest BCUT2D eigenvalue weighted by Crippen LogP contribution is 2.03. The van der Waals surface area contributed by atoms with E-state index < -0.39 is 0 Å². The van der Waals surface area contributed by atoms with Crippen molar-refractivity contribution >= 4 is 28.7 Å². The molecule has 1 heterocycles. The summed E-state index contributed by atoms with van der Waals surface area (Å²) in [7, 11) is 1.94. The summed E-state index contributed by atoms with van der Waals surface area (Å²) < 4.78 is 5.59. The molecule has 0 saturated heterocycles. The maximum absolute atomic E-state index is 4.05. The Labute approximate surface area is 105 Å². The maximum Gasteiger partial charge on any atom is 0.132 e. The molecule has 0 spiro atoms. The average Bonchev–Trinajstić information content (AvgIpc) is 2.23. The van der Waals surface area contributed by atoms with Gasteiger partial charge >= 0.3 is 0 Å². The van der Waals surface area contributed by atoms with E-state index in [4.69, 9.17) is 0 Å². The van der Waals surface area contributed by atoms with Gasteiger partial charge in [0.05, 0.1) is 0 Å². The van der Waals surface area contributed by atoms with Gasteiger partial charge in [-0.05, 0) is 28.1 Å². The van der Waals surface area contributed by atoms with Crippen molar-refractivity contribution in [2.45, 2.75) is 6.92 Å². The molecule has 0 unspecified atom stereocenters. The van der Waals surface area contributed by atoms with Gasteiger partial charge in [0, 0.05) is 30.5 Å². The van der Waals surface area contributed by atoms with Crippen molar-refractivity contribution in [1.29, 1.82) is 0 Å². The molecule has 1 rings (SSSR count). The molecule has 5 heteroatoms. The Morgan fingerprint density at radius 3 is 2.67 bits per heavy atom. The number of halogens is 1. The number of aromatic nitrogens is 1. The van der Waals surface area contributed by atoms with E-state index in [0.29, 0.717) is 0 Å². The van der Waals surface area contributed by atoms with Gasteiger partial charge in [0.1, 0.15) is 5.49 Å². The van der Waals surface area contributed by atoms with E-state index >= 15 is 0 Å². The van der Waals surface area contributed by atoms with Gasteiger partial charge in [0.15, 0.2) is 0 Å². The van der Waals surface area contributed by atoms with Crippen LogP contribution in [0.3, 0.4) is 0 Å². The number of nitrogens with zero attached hydrogens (tertiary/aromatic N) is 2. The topological polar surface area (TPSA) is 29.3 Å². The second-order valence-electron chi connectivity index (χ2n) is 2.64. The lowest BCUT2D eigenvalue weighted by Crippen LogP contribution is -2.15. The van der Waals surface area contributed by atoms with E-state index in [1.165, 1.54) is 6.20 Å². The lowest BCUT2D eigenvalue weighted by Gasteiger charge is -1.98. The summed E-state index contributed by atoms with van der Waals surface area (Å²) in [5, 5.41) is 0. The van der Waals surface area contributed by atoms with Crippen LogP contribution in [0.15, 0.2) is 40.6 Å². The fourth-order valence-electron chi connectivity index (χ4n) is 0.794. The Morgan fingerprint density at radius 1 is 1.67 bits per heavy atom. The molecule has 3 nitrogen and oxygen atoms in total. The highest BCUT2D eigenvalue weighted by Gasteiger charge is 1.86. The first-order valence-electron chi connectivity index (χ1n) is 4.49. The first-order chi connectivity index (χ1) is 7.15. The number of nitrogens with one attached hydrogen (secondary N) is 1. The van der Waals surface area contributed by atoms with Crippen molar-refractivity contribution in [3.63, 3.8) is 0 Å². The lowest BCUT2D eigenvalue weighted by atomic mass is 10.5. The summed E-state index contributed by atoms with van der Waals surface area (Å²) in [5.41, 5.74) is 0.892. The van der Waals surface area contributed by atoms with Gasteiger partial charge in [-0.1, -0.05) is 26.3 Å². The van der Waals surface area contributed by atoms with E-state index in [0.717, 1.165) is 16.5 Å². The van der Waals surface area contributed by atoms with Crippen molar-refractivity contribution in [1.82, 2.24) is 9.29 Å². The molecule has 0 bridgehead atoms. The largest absolute Gasteiger partial charge is 0.335 e. The zero-order valence-corrected chi connectivity index (χ0v) is 11.4. The highest BCUT2D eigenvalue weighted by atomic mass is 79.9. The molecule has 1 aromatic rings. The van der Waals surface area contributed by atoms with Crippen molar-refractivity contribution in [2.75, 3.05) is 6.54 Å². The molecule has 0 aliphatic heterocycles. The van der Waals surface area contributed by atoms with Gasteiger partial charge in [-0.25, -0.2) is 4.99 Å². The monoisotopic (exact) mass is 289 g/mol. The Bertz CT molecular complexity index is 358. The summed E-state index contributed by atoms with van der Waals surface area (Å²) in [6, 6.07) is 3.87. The van der Waals surface area contributed by atoms with E-state index in [2.05, 4.69) is 45.0 Å². The second-order valence-corrected chi connectivity index (χ2v) is 3.87. The predicted molar refractivity (Wildman–Crippen MR) is 71.5 cm³/mol. The molecular weight excluding hydrogens is 274 g/mol. The summed E-state index contributed by atoms with van der Waals surface area (Å²) in [6.45, 7) is 6.45. The zero-order valence-electron chi connectivity index (χ0n) is 8.94. The number of pyridine rings is 1. The van der Waals surface area contributed by atoms with Crippen molar-refractivity contribution < 1.29 is 0 Å². The molecule has 0 aliphatic rings. The minimum absolute atomic E-state index is 0.892.